The first-order chi connectivity index (χ1) is 9.72. The van der Waals surface area contributed by atoms with Gasteiger partial charge in [-0.05, 0) is 54.4 Å². The predicted molar refractivity (Wildman–Crippen MR) is 85.0 cm³/mol. The molecule has 3 rings (SSSR count). The lowest BCUT2D eigenvalue weighted by Crippen LogP contribution is -2.37. The third kappa shape index (κ3) is 3.02. The Hall–Kier alpha value is -1.39. The molecule has 2 aromatic carbocycles. The first-order valence-electron chi connectivity index (χ1n) is 6.93. The summed E-state index contributed by atoms with van der Waals surface area (Å²) in [4.78, 5) is 12.2. The Morgan fingerprint density at radius 3 is 2.85 bits per heavy atom. The monoisotopic (exact) mass is 332 g/mol. The van der Waals surface area contributed by atoms with Gasteiger partial charge in [0.2, 0.25) is 0 Å². The van der Waals surface area contributed by atoms with Crippen LogP contribution in [0.25, 0.3) is 10.8 Å². The average molecular weight is 333 g/mol. The molecule has 1 aliphatic rings. The van der Waals surface area contributed by atoms with Gasteiger partial charge in [-0.15, -0.1) is 0 Å². The van der Waals surface area contributed by atoms with Crippen LogP contribution in [0.1, 0.15) is 23.2 Å². The van der Waals surface area contributed by atoms with Crippen LogP contribution in [0.4, 0.5) is 0 Å². The standard InChI is InChI=1S/C16H17BrN2O/c17-14-6-5-11-8-13(4-3-12(11)9-14)16(20)19-10-15-2-1-7-18-15/h3-6,8-9,15,18H,1-2,7,10H2,(H,19,20). The first kappa shape index (κ1) is 13.6. The minimum atomic E-state index is 0.00326. The third-order valence-corrected chi connectivity index (χ3v) is 4.23. The highest BCUT2D eigenvalue weighted by molar-refractivity contribution is 9.10. The number of fused-ring (bicyclic) bond motifs is 1. The molecular weight excluding hydrogens is 316 g/mol. The van der Waals surface area contributed by atoms with E-state index in [1.165, 1.54) is 6.42 Å². The fourth-order valence-electron chi connectivity index (χ4n) is 2.61. The van der Waals surface area contributed by atoms with Crippen LogP contribution in [0.15, 0.2) is 40.9 Å². The summed E-state index contributed by atoms with van der Waals surface area (Å²) >= 11 is 3.46. The number of amides is 1. The number of hydrogen-bond donors (Lipinski definition) is 2. The zero-order chi connectivity index (χ0) is 13.9. The van der Waals surface area contributed by atoms with Gasteiger partial charge in [0.1, 0.15) is 0 Å². The van der Waals surface area contributed by atoms with Crippen molar-refractivity contribution in [3.05, 3.63) is 46.4 Å². The van der Waals surface area contributed by atoms with Crippen molar-refractivity contribution in [2.45, 2.75) is 18.9 Å². The van der Waals surface area contributed by atoms with E-state index in [1.54, 1.807) is 0 Å². The van der Waals surface area contributed by atoms with Crippen LogP contribution in [0.2, 0.25) is 0 Å². The van der Waals surface area contributed by atoms with E-state index in [1.807, 2.05) is 30.3 Å². The van der Waals surface area contributed by atoms with Crippen LogP contribution in [-0.4, -0.2) is 25.0 Å². The van der Waals surface area contributed by atoms with Crippen molar-refractivity contribution in [3.8, 4) is 0 Å². The molecule has 1 amide bonds. The van der Waals surface area contributed by atoms with Gasteiger partial charge in [0.15, 0.2) is 0 Å². The molecule has 0 aliphatic carbocycles. The third-order valence-electron chi connectivity index (χ3n) is 3.74. The molecule has 1 heterocycles. The van der Waals surface area contributed by atoms with E-state index < -0.39 is 0 Å². The summed E-state index contributed by atoms with van der Waals surface area (Å²) < 4.78 is 1.05. The maximum atomic E-state index is 12.2. The summed E-state index contributed by atoms with van der Waals surface area (Å²) in [5.74, 6) is 0.00326. The molecule has 0 spiro atoms. The summed E-state index contributed by atoms with van der Waals surface area (Å²) in [5.41, 5.74) is 0.720. The van der Waals surface area contributed by atoms with Gasteiger partial charge < -0.3 is 10.6 Å². The van der Waals surface area contributed by atoms with E-state index >= 15 is 0 Å². The topological polar surface area (TPSA) is 41.1 Å². The highest BCUT2D eigenvalue weighted by Crippen LogP contribution is 2.21. The zero-order valence-electron chi connectivity index (χ0n) is 11.2. The van der Waals surface area contributed by atoms with Gasteiger partial charge in [0.25, 0.3) is 5.91 Å². The fraction of sp³-hybridized carbons (Fsp3) is 0.312. The molecule has 0 saturated carbocycles. The van der Waals surface area contributed by atoms with Gasteiger partial charge >= 0.3 is 0 Å². The highest BCUT2D eigenvalue weighted by Gasteiger charge is 2.15. The fourth-order valence-corrected chi connectivity index (χ4v) is 2.99. The van der Waals surface area contributed by atoms with Crippen LogP contribution in [0, 0.1) is 0 Å². The minimum absolute atomic E-state index is 0.00326. The summed E-state index contributed by atoms with van der Waals surface area (Å²) in [6, 6.07) is 12.3. The second kappa shape index (κ2) is 5.94. The van der Waals surface area contributed by atoms with Gasteiger partial charge in [0.05, 0.1) is 0 Å². The second-order valence-corrected chi connectivity index (χ2v) is 6.13. The Labute approximate surface area is 126 Å². The van der Waals surface area contributed by atoms with Crippen molar-refractivity contribution in [2.75, 3.05) is 13.1 Å². The van der Waals surface area contributed by atoms with Crippen molar-refractivity contribution >= 4 is 32.6 Å². The summed E-state index contributed by atoms with van der Waals surface area (Å²) in [7, 11) is 0. The number of nitrogens with one attached hydrogen (secondary N) is 2. The molecule has 1 unspecified atom stereocenters. The van der Waals surface area contributed by atoms with Gasteiger partial charge in [-0.2, -0.15) is 0 Å². The quantitative estimate of drug-likeness (QED) is 0.906. The van der Waals surface area contributed by atoms with E-state index in [2.05, 4.69) is 32.6 Å². The lowest BCUT2D eigenvalue weighted by molar-refractivity contribution is 0.0950. The van der Waals surface area contributed by atoms with Gasteiger partial charge in [0, 0.05) is 22.6 Å². The van der Waals surface area contributed by atoms with Crippen LogP contribution < -0.4 is 10.6 Å². The smallest absolute Gasteiger partial charge is 0.251 e. The maximum absolute atomic E-state index is 12.2. The Morgan fingerprint density at radius 1 is 1.25 bits per heavy atom. The van der Waals surface area contributed by atoms with Gasteiger partial charge in [-0.3, -0.25) is 4.79 Å². The van der Waals surface area contributed by atoms with Crippen LogP contribution in [0.3, 0.4) is 0 Å². The molecule has 104 valence electrons. The SMILES string of the molecule is O=C(NCC1CCCN1)c1ccc2cc(Br)ccc2c1. The summed E-state index contributed by atoms with van der Waals surface area (Å²) in [6.07, 6.45) is 2.34. The number of rotatable bonds is 3. The Kier molecular flexibility index (Phi) is 4.03. The van der Waals surface area contributed by atoms with Crippen LogP contribution in [0.5, 0.6) is 0 Å². The van der Waals surface area contributed by atoms with E-state index in [0.717, 1.165) is 33.8 Å². The summed E-state index contributed by atoms with van der Waals surface area (Å²) in [5, 5.41) is 8.60. The Bertz CT molecular complexity index is 635. The molecule has 0 aromatic heterocycles. The molecule has 0 bridgehead atoms. The number of hydrogen-bond acceptors (Lipinski definition) is 2. The van der Waals surface area contributed by atoms with E-state index in [9.17, 15) is 4.79 Å². The molecule has 2 N–H and O–H groups in total. The Morgan fingerprint density at radius 2 is 2.05 bits per heavy atom. The molecule has 1 aliphatic heterocycles. The van der Waals surface area contributed by atoms with Gasteiger partial charge in [-0.1, -0.05) is 28.1 Å². The van der Waals surface area contributed by atoms with Crippen molar-refractivity contribution in [2.24, 2.45) is 0 Å². The molecule has 1 atom stereocenters. The highest BCUT2D eigenvalue weighted by atomic mass is 79.9. The molecule has 20 heavy (non-hydrogen) atoms. The maximum Gasteiger partial charge on any atom is 0.251 e. The number of benzene rings is 2. The second-order valence-electron chi connectivity index (χ2n) is 5.21. The van der Waals surface area contributed by atoms with Gasteiger partial charge in [-0.25, -0.2) is 0 Å². The van der Waals surface area contributed by atoms with Crippen molar-refractivity contribution in [3.63, 3.8) is 0 Å². The van der Waals surface area contributed by atoms with Crippen LogP contribution >= 0.6 is 15.9 Å². The van der Waals surface area contributed by atoms with Crippen molar-refractivity contribution < 1.29 is 4.79 Å². The normalized spacial score (nSPS) is 18.4. The lowest BCUT2D eigenvalue weighted by atomic mass is 10.1. The van der Waals surface area contributed by atoms with Crippen LogP contribution in [-0.2, 0) is 0 Å². The molecule has 1 saturated heterocycles. The van der Waals surface area contributed by atoms with E-state index in [0.29, 0.717) is 12.6 Å². The molecule has 0 radical (unpaired) electrons. The predicted octanol–water partition coefficient (Wildman–Crippen LogP) is 3.08. The average Bonchev–Trinajstić information content (AvgIpc) is 2.97. The molecule has 4 heteroatoms. The van der Waals surface area contributed by atoms with Crippen molar-refractivity contribution in [1.29, 1.82) is 0 Å². The number of carbonyl (C=O) groups is 1. The molecule has 2 aromatic rings. The Balaban J connectivity index is 1.72. The first-order valence-corrected chi connectivity index (χ1v) is 7.72. The molecule has 3 nitrogen and oxygen atoms in total. The molecule has 1 fully saturated rings. The minimum Gasteiger partial charge on any atom is -0.350 e. The number of halogens is 1. The van der Waals surface area contributed by atoms with E-state index in [4.69, 9.17) is 0 Å². The van der Waals surface area contributed by atoms with Crippen molar-refractivity contribution in [1.82, 2.24) is 10.6 Å². The molecular formula is C16H17BrN2O. The largest absolute Gasteiger partial charge is 0.350 e. The summed E-state index contributed by atoms with van der Waals surface area (Å²) in [6.45, 7) is 1.77. The van der Waals surface area contributed by atoms with E-state index in [-0.39, 0.29) is 5.91 Å². The number of carbonyl (C=O) groups excluding carboxylic acids is 1. The zero-order valence-corrected chi connectivity index (χ0v) is 12.7. The lowest BCUT2D eigenvalue weighted by Gasteiger charge is -2.11.